The zero-order valence-corrected chi connectivity index (χ0v) is 11.7. The molecule has 0 aliphatic heterocycles. The molecule has 1 saturated carbocycles. The van der Waals surface area contributed by atoms with Crippen molar-refractivity contribution in [1.82, 2.24) is 0 Å². The number of aliphatic carboxylic acids is 1. The standard InChI is InChI=1S/C14H17ClN2O3/c15-10-7-9(13(16)20)3-4-11(10)17-14(8-12(18)19)5-1-2-6-14/h3-4,7,17H,1-2,5-6,8H2,(H2,16,20)(H,18,19). The van der Waals surface area contributed by atoms with E-state index >= 15 is 0 Å². The maximum Gasteiger partial charge on any atom is 0.305 e. The molecule has 4 N–H and O–H groups in total. The Hall–Kier alpha value is -1.75. The van der Waals surface area contributed by atoms with Crippen LogP contribution in [-0.4, -0.2) is 22.5 Å². The van der Waals surface area contributed by atoms with Crippen molar-refractivity contribution >= 4 is 29.2 Å². The van der Waals surface area contributed by atoms with Crippen LogP contribution >= 0.6 is 11.6 Å². The van der Waals surface area contributed by atoms with Crippen LogP contribution < -0.4 is 11.1 Å². The lowest BCUT2D eigenvalue weighted by atomic mass is 9.92. The fourth-order valence-corrected chi connectivity index (χ4v) is 2.97. The number of nitrogens with two attached hydrogens (primary N) is 1. The first-order valence-electron chi connectivity index (χ1n) is 6.51. The van der Waals surface area contributed by atoms with Gasteiger partial charge >= 0.3 is 5.97 Å². The molecular formula is C14H17ClN2O3. The predicted octanol–water partition coefficient (Wildman–Crippen LogP) is 2.64. The van der Waals surface area contributed by atoms with Gasteiger partial charge in [-0.3, -0.25) is 9.59 Å². The number of halogens is 1. The van der Waals surface area contributed by atoms with Crippen molar-refractivity contribution in [2.24, 2.45) is 5.73 Å². The lowest BCUT2D eigenvalue weighted by Crippen LogP contribution is -2.37. The molecule has 6 heteroatoms. The van der Waals surface area contributed by atoms with Gasteiger partial charge < -0.3 is 16.2 Å². The van der Waals surface area contributed by atoms with Crippen LogP contribution in [0.5, 0.6) is 0 Å². The number of carboxylic acid groups (broad SMARTS) is 1. The molecule has 2 rings (SSSR count). The average Bonchev–Trinajstić information content (AvgIpc) is 2.79. The van der Waals surface area contributed by atoms with E-state index in [4.69, 9.17) is 22.4 Å². The van der Waals surface area contributed by atoms with Gasteiger partial charge in [0.1, 0.15) is 0 Å². The zero-order chi connectivity index (χ0) is 14.8. The minimum absolute atomic E-state index is 0.0564. The molecule has 0 aromatic heterocycles. The van der Waals surface area contributed by atoms with Gasteiger partial charge in [0.2, 0.25) is 5.91 Å². The van der Waals surface area contributed by atoms with E-state index in [0.717, 1.165) is 25.7 Å². The summed E-state index contributed by atoms with van der Waals surface area (Å²) in [5, 5.41) is 12.7. The second kappa shape index (κ2) is 5.71. The van der Waals surface area contributed by atoms with E-state index < -0.39 is 17.4 Å². The van der Waals surface area contributed by atoms with Crippen molar-refractivity contribution in [1.29, 1.82) is 0 Å². The van der Waals surface area contributed by atoms with Crippen LogP contribution in [-0.2, 0) is 4.79 Å². The van der Waals surface area contributed by atoms with Crippen LogP contribution in [0.2, 0.25) is 5.02 Å². The number of amides is 1. The molecule has 0 bridgehead atoms. The van der Waals surface area contributed by atoms with Crippen LogP contribution in [0, 0.1) is 0 Å². The highest BCUT2D eigenvalue weighted by Gasteiger charge is 2.36. The number of rotatable bonds is 5. The molecule has 1 aliphatic carbocycles. The number of nitrogens with one attached hydrogen (secondary N) is 1. The molecule has 20 heavy (non-hydrogen) atoms. The third kappa shape index (κ3) is 3.22. The Morgan fingerprint density at radius 3 is 2.50 bits per heavy atom. The highest BCUT2D eigenvalue weighted by Crippen LogP contribution is 2.37. The number of hydrogen-bond acceptors (Lipinski definition) is 3. The van der Waals surface area contributed by atoms with Crippen LogP contribution in [0.4, 0.5) is 5.69 Å². The Bertz CT molecular complexity index is 539. The highest BCUT2D eigenvalue weighted by atomic mass is 35.5. The molecule has 5 nitrogen and oxygen atoms in total. The summed E-state index contributed by atoms with van der Waals surface area (Å²) in [6.07, 6.45) is 3.65. The quantitative estimate of drug-likeness (QED) is 0.779. The normalized spacial score (nSPS) is 16.9. The molecule has 1 amide bonds. The van der Waals surface area contributed by atoms with Crippen LogP contribution in [0.15, 0.2) is 18.2 Å². The van der Waals surface area contributed by atoms with Crippen LogP contribution in [0.3, 0.4) is 0 Å². The van der Waals surface area contributed by atoms with E-state index in [1.807, 2.05) is 0 Å². The summed E-state index contributed by atoms with van der Waals surface area (Å²) in [6, 6.07) is 4.75. The minimum Gasteiger partial charge on any atom is -0.481 e. The fraction of sp³-hybridized carbons (Fsp3) is 0.429. The van der Waals surface area contributed by atoms with Crippen molar-refractivity contribution < 1.29 is 14.7 Å². The Morgan fingerprint density at radius 1 is 1.35 bits per heavy atom. The van der Waals surface area contributed by atoms with E-state index in [1.54, 1.807) is 12.1 Å². The molecule has 1 aliphatic rings. The summed E-state index contributed by atoms with van der Waals surface area (Å²) in [5.41, 5.74) is 5.71. The minimum atomic E-state index is -0.829. The Balaban J connectivity index is 2.23. The zero-order valence-electron chi connectivity index (χ0n) is 11.0. The summed E-state index contributed by atoms with van der Waals surface area (Å²) in [6.45, 7) is 0. The molecule has 108 valence electrons. The smallest absolute Gasteiger partial charge is 0.305 e. The van der Waals surface area contributed by atoms with E-state index in [9.17, 15) is 9.59 Å². The van der Waals surface area contributed by atoms with Crippen molar-refractivity contribution in [2.75, 3.05) is 5.32 Å². The summed E-state index contributed by atoms with van der Waals surface area (Å²) in [7, 11) is 0. The van der Waals surface area contributed by atoms with Crippen molar-refractivity contribution in [2.45, 2.75) is 37.6 Å². The first-order chi connectivity index (χ1) is 9.42. The molecule has 1 fully saturated rings. The van der Waals surface area contributed by atoms with Gasteiger partial charge in [0.15, 0.2) is 0 Å². The van der Waals surface area contributed by atoms with Gasteiger partial charge in [0, 0.05) is 11.1 Å². The van der Waals surface area contributed by atoms with Gasteiger partial charge in [-0.1, -0.05) is 24.4 Å². The molecular weight excluding hydrogens is 280 g/mol. The predicted molar refractivity (Wildman–Crippen MR) is 77.0 cm³/mol. The molecule has 0 atom stereocenters. The first-order valence-corrected chi connectivity index (χ1v) is 6.89. The summed E-state index contributed by atoms with van der Waals surface area (Å²) in [4.78, 5) is 22.1. The van der Waals surface area contributed by atoms with E-state index in [0.29, 0.717) is 16.3 Å². The number of carbonyl (C=O) groups excluding carboxylic acids is 1. The summed E-state index contributed by atoms with van der Waals surface area (Å²) < 4.78 is 0. The molecule has 0 unspecified atom stereocenters. The van der Waals surface area contributed by atoms with Crippen LogP contribution in [0.1, 0.15) is 42.5 Å². The van der Waals surface area contributed by atoms with Crippen molar-refractivity contribution in [3.63, 3.8) is 0 Å². The topological polar surface area (TPSA) is 92.4 Å². The number of hydrogen-bond donors (Lipinski definition) is 3. The average molecular weight is 297 g/mol. The van der Waals surface area contributed by atoms with Gasteiger partial charge in [-0.2, -0.15) is 0 Å². The monoisotopic (exact) mass is 296 g/mol. The van der Waals surface area contributed by atoms with E-state index in [-0.39, 0.29) is 6.42 Å². The van der Waals surface area contributed by atoms with E-state index in [2.05, 4.69) is 5.32 Å². The third-order valence-corrected chi connectivity index (χ3v) is 4.02. The second-order valence-electron chi connectivity index (χ2n) is 5.24. The largest absolute Gasteiger partial charge is 0.481 e. The Labute approximate surface area is 122 Å². The van der Waals surface area contributed by atoms with Gasteiger partial charge in [0.05, 0.1) is 17.1 Å². The fourth-order valence-electron chi connectivity index (χ4n) is 2.74. The number of carboxylic acids is 1. The third-order valence-electron chi connectivity index (χ3n) is 3.70. The number of benzene rings is 1. The number of anilines is 1. The number of carbonyl (C=O) groups is 2. The van der Waals surface area contributed by atoms with Crippen LogP contribution in [0.25, 0.3) is 0 Å². The molecule has 1 aromatic carbocycles. The molecule has 0 heterocycles. The van der Waals surface area contributed by atoms with E-state index in [1.165, 1.54) is 6.07 Å². The Morgan fingerprint density at radius 2 is 2.00 bits per heavy atom. The summed E-state index contributed by atoms with van der Waals surface area (Å²) >= 11 is 6.13. The summed E-state index contributed by atoms with van der Waals surface area (Å²) in [5.74, 6) is -1.37. The van der Waals surface area contributed by atoms with Crippen molar-refractivity contribution in [3.8, 4) is 0 Å². The number of primary amides is 1. The Kier molecular flexibility index (Phi) is 4.18. The lowest BCUT2D eigenvalue weighted by molar-refractivity contribution is -0.138. The molecule has 0 saturated heterocycles. The molecule has 0 spiro atoms. The first kappa shape index (κ1) is 14.7. The molecule has 0 radical (unpaired) electrons. The van der Waals surface area contributed by atoms with Gasteiger partial charge in [-0.15, -0.1) is 0 Å². The SMILES string of the molecule is NC(=O)c1ccc(NC2(CC(=O)O)CCCC2)c(Cl)c1. The van der Waals surface area contributed by atoms with Gasteiger partial charge in [-0.25, -0.2) is 0 Å². The second-order valence-corrected chi connectivity index (χ2v) is 5.65. The lowest BCUT2D eigenvalue weighted by Gasteiger charge is -2.30. The van der Waals surface area contributed by atoms with Gasteiger partial charge in [0.25, 0.3) is 0 Å². The maximum atomic E-state index is 11.1. The maximum absolute atomic E-state index is 11.1. The van der Waals surface area contributed by atoms with Crippen molar-refractivity contribution in [3.05, 3.63) is 28.8 Å². The van der Waals surface area contributed by atoms with Gasteiger partial charge in [-0.05, 0) is 31.0 Å². The molecule has 1 aromatic rings. The highest BCUT2D eigenvalue weighted by molar-refractivity contribution is 6.33.